The van der Waals surface area contributed by atoms with Gasteiger partial charge in [-0.1, -0.05) is 11.6 Å². The van der Waals surface area contributed by atoms with Gasteiger partial charge in [0.1, 0.15) is 11.8 Å². The summed E-state index contributed by atoms with van der Waals surface area (Å²) in [7, 11) is 1.89. The number of nitrogens with one attached hydrogen (secondary N) is 2. The van der Waals surface area contributed by atoms with Crippen molar-refractivity contribution in [2.24, 2.45) is 5.92 Å². The van der Waals surface area contributed by atoms with Gasteiger partial charge in [-0.15, -0.1) is 0 Å². The zero-order chi connectivity index (χ0) is 24.9. The molecule has 8 nitrogen and oxygen atoms in total. The van der Waals surface area contributed by atoms with Gasteiger partial charge in [0.2, 0.25) is 5.91 Å². The summed E-state index contributed by atoms with van der Waals surface area (Å²) in [5.41, 5.74) is 2.55. The highest BCUT2D eigenvalue weighted by molar-refractivity contribution is 6.30. The minimum atomic E-state index is -0.736. The van der Waals surface area contributed by atoms with E-state index < -0.39 is 5.97 Å². The van der Waals surface area contributed by atoms with Crippen LogP contribution in [0.5, 0.6) is 5.75 Å². The number of fused-ring (bicyclic) bond motifs is 1. The quantitative estimate of drug-likeness (QED) is 0.481. The fourth-order valence-corrected chi connectivity index (χ4v) is 4.92. The Kier molecular flexibility index (Phi) is 7.80. The van der Waals surface area contributed by atoms with E-state index >= 15 is 0 Å². The van der Waals surface area contributed by atoms with Crippen molar-refractivity contribution >= 4 is 35.1 Å². The molecule has 1 saturated carbocycles. The van der Waals surface area contributed by atoms with Crippen LogP contribution in [-0.4, -0.2) is 55.2 Å². The molecule has 35 heavy (non-hydrogen) atoms. The normalized spacial score (nSPS) is 21.2. The second kappa shape index (κ2) is 11.0. The molecule has 2 amide bonds. The molecule has 1 heterocycles. The number of amides is 2. The van der Waals surface area contributed by atoms with Crippen LogP contribution in [-0.2, 0) is 16.0 Å². The van der Waals surface area contributed by atoms with Crippen LogP contribution >= 0.6 is 11.6 Å². The first-order chi connectivity index (χ1) is 16.8. The van der Waals surface area contributed by atoms with Crippen molar-refractivity contribution < 1.29 is 24.2 Å². The molecule has 0 spiro atoms. The van der Waals surface area contributed by atoms with Crippen LogP contribution in [0.4, 0.5) is 5.69 Å². The first-order valence-electron chi connectivity index (χ1n) is 11.9. The number of likely N-dealkylation sites (N-methyl/N-ethyl adjacent to an activating group) is 1. The molecule has 0 bridgehead atoms. The van der Waals surface area contributed by atoms with E-state index in [1.54, 1.807) is 24.3 Å². The SMILES string of the molecule is CN1c2ccc(Cl)cc2CC1C(=O)NCCNC(=O)c1ccc(OC2CCC(C(=O)O)CC2)cc1. The predicted octanol–water partition coefficient (Wildman–Crippen LogP) is 3.27. The summed E-state index contributed by atoms with van der Waals surface area (Å²) in [6.07, 6.45) is 3.26. The number of nitrogens with zero attached hydrogens (tertiary/aromatic N) is 1. The van der Waals surface area contributed by atoms with E-state index in [0.717, 1.165) is 11.3 Å². The summed E-state index contributed by atoms with van der Waals surface area (Å²) in [5.74, 6) is -0.670. The highest BCUT2D eigenvalue weighted by Crippen LogP contribution is 2.33. The molecule has 0 radical (unpaired) electrons. The Balaban J connectivity index is 1.17. The third kappa shape index (κ3) is 6.06. The highest BCUT2D eigenvalue weighted by atomic mass is 35.5. The zero-order valence-electron chi connectivity index (χ0n) is 19.6. The van der Waals surface area contributed by atoms with Crippen LogP contribution in [0.2, 0.25) is 5.02 Å². The van der Waals surface area contributed by atoms with E-state index in [1.165, 1.54) is 0 Å². The second-order valence-electron chi connectivity index (χ2n) is 9.10. The van der Waals surface area contributed by atoms with E-state index in [2.05, 4.69) is 10.6 Å². The molecule has 1 aliphatic heterocycles. The molecule has 1 unspecified atom stereocenters. The summed E-state index contributed by atoms with van der Waals surface area (Å²) >= 11 is 6.06. The lowest BCUT2D eigenvalue weighted by molar-refractivity contribution is -0.143. The van der Waals surface area contributed by atoms with Crippen molar-refractivity contribution in [3.05, 3.63) is 58.6 Å². The van der Waals surface area contributed by atoms with Crippen molar-refractivity contribution in [3.8, 4) is 5.75 Å². The van der Waals surface area contributed by atoms with Gasteiger partial charge < -0.3 is 25.4 Å². The van der Waals surface area contributed by atoms with Crippen LogP contribution in [0.1, 0.15) is 41.6 Å². The third-order valence-corrected chi connectivity index (χ3v) is 6.99. The molecule has 1 fully saturated rings. The first-order valence-corrected chi connectivity index (χ1v) is 12.3. The minimum Gasteiger partial charge on any atom is -0.490 e. The van der Waals surface area contributed by atoms with Gasteiger partial charge in [-0.25, -0.2) is 0 Å². The Morgan fingerprint density at radius 3 is 2.40 bits per heavy atom. The minimum absolute atomic E-state index is 0.00224. The molecule has 4 rings (SSSR count). The van der Waals surface area contributed by atoms with Gasteiger partial charge in [-0.05, 0) is 73.7 Å². The van der Waals surface area contributed by atoms with Gasteiger partial charge in [0, 0.05) is 42.8 Å². The van der Waals surface area contributed by atoms with Gasteiger partial charge in [-0.3, -0.25) is 14.4 Å². The number of hydrogen-bond donors (Lipinski definition) is 3. The number of ether oxygens (including phenoxy) is 1. The number of carbonyl (C=O) groups is 3. The maximum atomic E-state index is 12.6. The maximum absolute atomic E-state index is 12.6. The van der Waals surface area contributed by atoms with Gasteiger partial charge in [-0.2, -0.15) is 0 Å². The fourth-order valence-electron chi connectivity index (χ4n) is 4.73. The van der Waals surface area contributed by atoms with Crippen molar-refractivity contribution in [1.82, 2.24) is 10.6 Å². The summed E-state index contributed by atoms with van der Waals surface area (Å²) in [6, 6.07) is 12.2. The second-order valence-corrected chi connectivity index (χ2v) is 9.54. The smallest absolute Gasteiger partial charge is 0.306 e. The van der Waals surface area contributed by atoms with Crippen LogP contribution in [0.3, 0.4) is 0 Å². The number of anilines is 1. The van der Waals surface area contributed by atoms with Crippen LogP contribution < -0.4 is 20.3 Å². The van der Waals surface area contributed by atoms with Crippen LogP contribution in [0.25, 0.3) is 0 Å². The van der Waals surface area contributed by atoms with Gasteiger partial charge in [0.05, 0.1) is 12.0 Å². The number of benzene rings is 2. The fraction of sp³-hybridized carbons (Fsp3) is 0.423. The standard InChI is InChI=1S/C26H30ClN3O5/c1-30-22-11-6-19(27)14-18(22)15-23(30)25(32)29-13-12-28-24(31)16-2-7-20(8-3-16)35-21-9-4-17(5-10-21)26(33)34/h2-3,6-8,11,14,17,21,23H,4-5,9-10,12-13,15H2,1H3,(H,28,31)(H,29,32)(H,33,34). The Morgan fingerprint density at radius 1 is 1.03 bits per heavy atom. The summed E-state index contributed by atoms with van der Waals surface area (Å²) in [5, 5.41) is 15.5. The van der Waals surface area contributed by atoms with Gasteiger partial charge >= 0.3 is 5.97 Å². The van der Waals surface area contributed by atoms with E-state index in [1.807, 2.05) is 30.1 Å². The number of carboxylic acids is 1. The summed E-state index contributed by atoms with van der Waals surface area (Å²) < 4.78 is 5.95. The number of halogens is 1. The predicted molar refractivity (Wildman–Crippen MR) is 133 cm³/mol. The molecular formula is C26H30ClN3O5. The molecule has 0 saturated heterocycles. The lowest BCUT2D eigenvalue weighted by atomic mass is 9.87. The molecular weight excluding hydrogens is 470 g/mol. The third-order valence-electron chi connectivity index (χ3n) is 6.76. The molecule has 9 heteroatoms. The average molecular weight is 500 g/mol. The molecule has 3 N–H and O–H groups in total. The lowest BCUT2D eigenvalue weighted by Gasteiger charge is -2.26. The molecule has 0 aromatic heterocycles. The number of carboxylic acid groups (broad SMARTS) is 1. The van der Waals surface area contributed by atoms with Crippen molar-refractivity contribution in [3.63, 3.8) is 0 Å². The van der Waals surface area contributed by atoms with Crippen LogP contribution in [0, 0.1) is 5.92 Å². The summed E-state index contributed by atoms with van der Waals surface area (Å²) in [6.45, 7) is 0.636. The Morgan fingerprint density at radius 2 is 1.71 bits per heavy atom. The maximum Gasteiger partial charge on any atom is 0.306 e. The average Bonchev–Trinajstić information content (AvgIpc) is 3.17. The zero-order valence-corrected chi connectivity index (χ0v) is 20.4. The molecule has 1 aliphatic carbocycles. The van der Waals surface area contributed by atoms with E-state index in [4.69, 9.17) is 21.4 Å². The molecule has 1 atom stereocenters. The van der Waals surface area contributed by atoms with E-state index in [0.29, 0.717) is 61.5 Å². The number of hydrogen-bond acceptors (Lipinski definition) is 5. The Bertz CT molecular complexity index is 1080. The first kappa shape index (κ1) is 24.9. The van der Waals surface area contributed by atoms with Gasteiger partial charge in [0.25, 0.3) is 5.91 Å². The number of rotatable bonds is 8. The Labute approximate surface area is 209 Å². The van der Waals surface area contributed by atoms with E-state index in [9.17, 15) is 14.4 Å². The van der Waals surface area contributed by atoms with Crippen molar-refractivity contribution in [1.29, 1.82) is 0 Å². The highest BCUT2D eigenvalue weighted by Gasteiger charge is 2.32. The number of aliphatic carboxylic acids is 1. The van der Waals surface area contributed by atoms with Crippen molar-refractivity contribution in [2.75, 3.05) is 25.0 Å². The summed E-state index contributed by atoms with van der Waals surface area (Å²) in [4.78, 5) is 38.1. The monoisotopic (exact) mass is 499 g/mol. The van der Waals surface area contributed by atoms with E-state index in [-0.39, 0.29) is 29.9 Å². The molecule has 2 aliphatic rings. The molecule has 186 valence electrons. The van der Waals surface area contributed by atoms with Crippen LogP contribution in [0.15, 0.2) is 42.5 Å². The van der Waals surface area contributed by atoms with Gasteiger partial charge in [0.15, 0.2) is 0 Å². The number of carbonyl (C=O) groups excluding carboxylic acids is 2. The topological polar surface area (TPSA) is 108 Å². The largest absolute Gasteiger partial charge is 0.490 e. The molecule has 2 aromatic rings. The Hall–Kier alpha value is -3.26. The lowest BCUT2D eigenvalue weighted by Crippen LogP contribution is -2.45. The van der Waals surface area contributed by atoms with Crippen molar-refractivity contribution in [2.45, 2.75) is 44.2 Å². The molecule has 2 aromatic carbocycles.